The van der Waals surface area contributed by atoms with Gasteiger partial charge in [0, 0.05) is 32.1 Å². The Kier molecular flexibility index (Phi) is 4.49. The van der Waals surface area contributed by atoms with E-state index in [1.807, 2.05) is 17.6 Å². The summed E-state index contributed by atoms with van der Waals surface area (Å²) in [6.45, 7) is 3.64. The summed E-state index contributed by atoms with van der Waals surface area (Å²) in [5.74, 6) is -0.000569. The van der Waals surface area contributed by atoms with Gasteiger partial charge in [-0.25, -0.2) is 0 Å². The standard InChI is InChI=1S/C12H16N4OS/c1-9(17)14-5-4-13-7-10-8-15-16-12(10)11-3-2-6-18-11/h2-3,6,8,13H,4-5,7H2,1H3,(H,14,17)(H,15,16). The molecule has 1 amide bonds. The summed E-state index contributed by atoms with van der Waals surface area (Å²) in [5, 5.41) is 15.2. The van der Waals surface area contributed by atoms with E-state index in [9.17, 15) is 4.79 Å². The molecule has 0 saturated carbocycles. The van der Waals surface area contributed by atoms with Gasteiger partial charge in [0.1, 0.15) is 0 Å². The van der Waals surface area contributed by atoms with Gasteiger partial charge in [-0.15, -0.1) is 11.3 Å². The number of rotatable bonds is 6. The number of hydrogen-bond acceptors (Lipinski definition) is 4. The second-order valence-electron chi connectivity index (χ2n) is 3.91. The molecule has 6 heteroatoms. The maximum Gasteiger partial charge on any atom is 0.216 e. The van der Waals surface area contributed by atoms with Gasteiger partial charge >= 0.3 is 0 Å². The van der Waals surface area contributed by atoms with Crippen LogP contribution in [0.3, 0.4) is 0 Å². The zero-order chi connectivity index (χ0) is 12.8. The molecule has 0 unspecified atom stereocenters. The van der Waals surface area contributed by atoms with Crippen molar-refractivity contribution in [2.24, 2.45) is 0 Å². The SMILES string of the molecule is CC(=O)NCCNCc1cn[nH]c1-c1cccs1. The van der Waals surface area contributed by atoms with Crippen LogP contribution in [0.2, 0.25) is 0 Å². The molecule has 5 nitrogen and oxygen atoms in total. The highest BCUT2D eigenvalue weighted by atomic mass is 32.1. The third-order valence-electron chi connectivity index (χ3n) is 2.48. The van der Waals surface area contributed by atoms with Crippen LogP contribution in [-0.2, 0) is 11.3 Å². The average Bonchev–Trinajstić information content (AvgIpc) is 2.97. The molecule has 3 N–H and O–H groups in total. The summed E-state index contributed by atoms with van der Waals surface area (Å²) in [5.41, 5.74) is 2.21. The van der Waals surface area contributed by atoms with Gasteiger partial charge in [-0.05, 0) is 11.4 Å². The maximum atomic E-state index is 10.7. The summed E-state index contributed by atoms with van der Waals surface area (Å²) in [6.07, 6.45) is 1.83. The molecule has 2 heterocycles. The van der Waals surface area contributed by atoms with E-state index in [-0.39, 0.29) is 5.91 Å². The van der Waals surface area contributed by atoms with E-state index in [1.54, 1.807) is 11.3 Å². The van der Waals surface area contributed by atoms with Gasteiger partial charge in [-0.2, -0.15) is 5.10 Å². The number of nitrogens with zero attached hydrogens (tertiary/aromatic N) is 1. The van der Waals surface area contributed by atoms with E-state index in [2.05, 4.69) is 26.9 Å². The molecule has 0 radical (unpaired) electrons. The lowest BCUT2D eigenvalue weighted by atomic mass is 10.2. The van der Waals surface area contributed by atoms with E-state index in [4.69, 9.17) is 0 Å². The van der Waals surface area contributed by atoms with Crippen molar-refractivity contribution in [1.82, 2.24) is 20.8 Å². The minimum atomic E-state index is -0.000569. The summed E-state index contributed by atoms with van der Waals surface area (Å²) in [6, 6.07) is 4.09. The van der Waals surface area contributed by atoms with E-state index in [1.165, 1.54) is 11.8 Å². The molecule has 0 aliphatic heterocycles. The van der Waals surface area contributed by atoms with Crippen LogP contribution in [0.5, 0.6) is 0 Å². The third kappa shape index (κ3) is 3.41. The fraction of sp³-hybridized carbons (Fsp3) is 0.333. The zero-order valence-corrected chi connectivity index (χ0v) is 11.0. The van der Waals surface area contributed by atoms with Crippen LogP contribution >= 0.6 is 11.3 Å². The van der Waals surface area contributed by atoms with Crippen LogP contribution < -0.4 is 10.6 Å². The second-order valence-corrected chi connectivity index (χ2v) is 4.85. The van der Waals surface area contributed by atoms with E-state index in [0.717, 1.165) is 24.3 Å². The molecule has 2 rings (SSSR count). The molecule has 0 aliphatic rings. The smallest absolute Gasteiger partial charge is 0.216 e. The van der Waals surface area contributed by atoms with Crippen molar-refractivity contribution in [3.05, 3.63) is 29.3 Å². The molecular weight excluding hydrogens is 248 g/mol. The van der Waals surface area contributed by atoms with Gasteiger partial charge in [-0.1, -0.05) is 6.07 Å². The Morgan fingerprint density at radius 1 is 1.50 bits per heavy atom. The Hall–Kier alpha value is -1.66. The normalized spacial score (nSPS) is 10.5. The number of thiophene rings is 1. The van der Waals surface area contributed by atoms with Gasteiger partial charge in [0.25, 0.3) is 0 Å². The number of aromatic amines is 1. The fourth-order valence-electron chi connectivity index (χ4n) is 1.63. The van der Waals surface area contributed by atoms with Crippen molar-refractivity contribution in [2.75, 3.05) is 13.1 Å². The number of carbonyl (C=O) groups is 1. The van der Waals surface area contributed by atoms with Gasteiger partial charge in [0.15, 0.2) is 0 Å². The summed E-state index contributed by atoms with van der Waals surface area (Å²) >= 11 is 1.69. The highest BCUT2D eigenvalue weighted by Crippen LogP contribution is 2.25. The highest BCUT2D eigenvalue weighted by molar-refractivity contribution is 7.13. The molecule has 18 heavy (non-hydrogen) atoms. The number of aromatic nitrogens is 2. The van der Waals surface area contributed by atoms with E-state index >= 15 is 0 Å². The van der Waals surface area contributed by atoms with Crippen LogP contribution in [0, 0.1) is 0 Å². The van der Waals surface area contributed by atoms with Crippen molar-refractivity contribution in [3.8, 4) is 10.6 Å². The Labute approximate surface area is 110 Å². The number of H-pyrrole nitrogens is 1. The van der Waals surface area contributed by atoms with E-state index in [0.29, 0.717) is 6.54 Å². The van der Waals surface area contributed by atoms with Crippen molar-refractivity contribution >= 4 is 17.2 Å². The minimum absolute atomic E-state index is 0.000569. The van der Waals surface area contributed by atoms with Crippen LogP contribution in [-0.4, -0.2) is 29.2 Å². The fourth-order valence-corrected chi connectivity index (χ4v) is 2.38. The first-order chi connectivity index (χ1) is 8.77. The summed E-state index contributed by atoms with van der Waals surface area (Å²) in [7, 11) is 0. The molecule has 0 fully saturated rings. The predicted molar refractivity (Wildman–Crippen MR) is 72.3 cm³/mol. The van der Waals surface area contributed by atoms with Gasteiger partial charge in [0.05, 0.1) is 16.8 Å². The lowest BCUT2D eigenvalue weighted by Crippen LogP contribution is -2.29. The zero-order valence-electron chi connectivity index (χ0n) is 10.2. The van der Waals surface area contributed by atoms with Crippen LogP contribution in [0.4, 0.5) is 0 Å². The van der Waals surface area contributed by atoms with Crippen molar-refractivity contribution in [1.29, 1.82) is 0 Å². The van der Waals surface area contributed by atoms with E-state index < -0.39 is 0 Å². The first-order valence-corrected chi connectivity index (χ1v) is 6.66. The second kappa shape index (κ2) is 6.32. The summed E-state index contributed by atoms with van der Waals surface area (Å²) in [4.78, 5) is 11.9. The molecule has 0 aromatic carbocycles. The number of amides is 1. The molecule has 96 valence electrons. The predicted octanol–water partition coefficient (Wildman–Crippen LogP) is 1.36. The van der Waals surface area contributed by atoms with Gasteiger partial charge in [0.2, 0.25) is 5.91 Å². The van der Waals surface area contributed by atoms with Crippen molar-refractivity contribution < 1.29 is 4.79 Å². The maximum absolute atomic E-state index is 10.7. The number of nitrogens with one attached hydrogen (secondary N) is 3. The number of hydrogen-bond donors (Lipinski definition) is 3. The minimum Gasteiger partial charge on any atom is -0.355 e. The largest absolute Gasteiger partial charge is 0.355 e. The molecular formula is C12H16N4OS. The molecule has 0 aliphatic carbocycles. The van der Waals surface area contributed by atoms with Crippen LogP contribution in [0.1, 0.15) is 12.5 Å². The molecule has 2 aromatic rings. The molecule has 0 saturated heterocycles. The van der Waals surface area contributed by atoms with Crippen LogP contribution in [0.15, 0.2) is 23.7 Å². The summed E-state index contributed by atoms with van der Waals surface area (Å²) < 4.78 is 0. The van der Waals surface area contributed by atoms with Crippen LogP contribution in [0.25, 0.3) is 10.6 Å². The van der Waals surface area contributed by atoms with Gasteiger partial charge < -0.3 is 10.6 Å². The monoisotopic (exact) mass is 264 g/mol. The Morgan fingerprint density at radius 3 is 3.11 bits per heavy atom. The molecule has 2 aromatic heterocycles. The lowest BCUT2D eigenvalue weighted by Gasteiger charge is -2.05. The highest BCUT2D eigenvalue weighted by Gasteiger charge is 2.07. The Morgan fingerprint density at radius 2 is 2.39 bits per heavy atom. The number of carbonyl (C=O) groups excluding carboxylic acids is 1. The first-order valence-electron chi connectivity index (χ1n) is 5.78. The Bertz CT molecular complexity index is 492. The van der Waals surface area contributed by atoms with Crippen molar-refractivity contribution in [3.63, 3.8) is 0 Å². The molecule has 0 bridgehead atoms. The molecule has 0 spiro atoms. The molecule has 0 atom stereocenters. The first kappa shape index (κ1) is 12.8. The topological polar surface area (TPSA) is 69.8 Å². The third-order valence-corrected chi connectivity index (χ3v) is 3.36. The Balaban J connectivity index is 1.83. The quantitative estimate of drug-likeness (QED) is 0.690. The van der Waals surface area contributed by atoms with Gasteiger partial charge in [-0.3, -0.25) is 9.89 Å². The lowest BCUT2D eigenvalue weighted by molar-refractivity contribution is -0.118. The average molecular weight is 264 g/mol. The van der Waals surface area contributed by atoms with Crippen molar-refractivity contribution in [2.45, 2.75) is 13.5 Å².